The Balaban J connectivity index is 1.18. The Hall–Kier alpha value is -2.90. The number of nitrogens with zero attached hydrogens (tertiary/aromatic N) is 3. The highest BCUT2D eigenvalue weighted by Gasteiger charge is 2.46. The third-order valence-electron chi connectivity index (χ3n) is 7.49. The fourth-order valence-corrected chi connectivity index (χ4v) is 5.93. The second kappa shape index (κ2) is 8.56. The molecule has 8 nitrogen and oxygen atoms in total. The Kier molecular flexibility index (Phi) is 5.61. The van der Waals surface area contributed by atoms with Crippen LogP contribution < -0.4 is 5.32 Å². The summed E-state index contributed by atoms with van der Waals surface area (Å²) in [6.07, 6.45) is 4.23. The number of amides is 5. The van der Waals surface area contributed by atoms with Gasteiger partial charge in [0, 0.05) is 38.6 Å². The summed E-state index contributed by atoms with van der Waals surface area (Å²) in [5.74, 6) is 0.462. The average molecular weight is 439 g/mol. The Labute approximate surface area is 187 Å². The molecule has 0 aliphatic carbocycles. The molecular formula is C24H30N4O4. The van der Waals surface area contributed by atoms with E-state index in [2.05, 4.69) is 10.2 Å². The van der Waals surface area contributed by atoms with Gasteiger partial charge in [-0.1, -0.05) is 30.3 Å². The van der Waals surface area contributed by atoms with Crippen LogP contribution >= 0.6 is 0 Å². The first-order valence-corrected chi connectivity index (χ1v) is 11.7. The lowest BCUT2D eigenvalue weighted by molar-refractivity contribution is -0.149. The number of carbonyl (C=O) groups is 4. The van der Waals surface area contributed by atoms with Crippen LogP contribution in [0.1, 0.15) is 37.7 Å². The molecule has 0 radical (unpaired) electrons. The van der Waals surface area contributed by atoms with Crippen molar-refractivity contribution in [2.75, 3.05) is 26.2 Å². The predicted octanol–water partition coefficient (Wildman–Crippen LogP) is 1.40. The fourth-order valence-electron chi connectivity index (χ4n) is 5.93. The van der Waals surface area contributed by atoms with Gasteiger partial charge in [-0.05, 0) is 43.1 Å². The Morgan fingerprint density at radius 2 is 1.88 bits per heavy atom. The molecule has 0 saturated carbocycles. The number of nitrogens with one attached hydrogen (secondary N) is 1. The number of carbonyl (C=O) groups excluding carboxylic acids is 4. The maximum Gasteiger partial charge on any atom is 0.324 e. The molecule has 32 heavy (non-hydrogen) atoms. The topological polar surface area (TPSA) is 90.0 Å². The van der Waals surface area contributed by atoms with E-state index in [1.807, 2.05) is 35.2 Å². The van der Waals surface area contributed by atoms with Gasteiger partial charge in [0.2, 0.25) is 11.8 Å². The molecule has 1 N–H and O–H groups in total. The van der Waals surface area contributed by atoms with Crippen LogP contribution in [0.3, 0.4) is 0 Å². The summed E-state index contributed by atoms with van der Waals surface area (Å²) < 4.78 is 0. The molecule has 5 rings (SSSR count). The van der Waals surface area contributed by atoms with Gasteiger partial charge in [-0.2, -0.15) is 0 Å². The van der Waals surface area contributed by atoms with Crippen LogP contribution in [-0.2, 0) is 20.8 Å². The number of hydrogen-bond acceptors (Lipinski definition) is 4. The minimum Gasteiger partial charge on any atom is -0.342 e. The van der Waals surface area contributed by atoms with Crippen molar-refractivity contribution in [3.63, 3.8) is 0 Å². The number of imide groups is 1. The van der Waals surface area contributed by atoms with Gasteiger partial charge in [0.1, 0.15) is 6.04 Å². The zero-order chi connectivity index (χ0) is 22.2. The summed E-state index contributed by atoms with van der Waals surface area (Å²) >= 11 is 0. The number of piperidine rings is 3. The van der Waals surface area contributed by atoms with Crippen LogP contribution in [0.2, 0.25) is 0 Å². The van der Waals surface area contributed by atoms with E-state index in [-0.39, 0.29) is 30.2 Å². The summed E-state index contributed by atoms with van der Waals surface area (Å²) in [5, 5.41) is 2.70. The SMILES string of the molecule is O=C(CC1NC(=O)N(CCc2ccccc2)C1=O)N1CC2CC(C1)C1CCCC(=O)N1C2. The standard InChI is InChI=1S/C24H30N4O4/c29-21-8-4-7-20-18-11-17(14-28(20)21)13-26(15-18)22(30)12-19-23(31)27(24(32)25-19)10-9-16-5-2-1-3-6-16/h1-3,5-6,17-20H,4,7-15H2,(H,25,32). The van der Waals surface area contributed by atoms with Crippen molar-refractivity contribution in [1.82, 2.24) is 20.0 Å². The molecule has 4 aliphatic heterocycles. The highest BCUT2D eigenvalue weighted by atomic mass is 16.2. The van der Waals surface area contributed by atoms with Gasteiger partial charge in [-0.25, -0.2) is 4.79 Å². The van der Waals surface area contributed by atoms with Crippen LogP contribution in [0.4, 0.5) is 4.79 Å². The summed E-state index contributed by atoms with van der Waals surface area (Å²) in [7, 11) is 0. The molecule has 4 aliphatic rings. The van der Waals surface area contributed by atoms with E-state index >= 15 is 0 Å². The highest BCUT2D eigenvalue weighted by molar-refractivity contribution is 6.05. The largest absolute Gasteiger partial charge is 0.342 e. The maximum absolute atomic E-state index is 13.1. The van der Waals surface area contributed by atoms with Crippen LogP contribution in [0.5, 0.6) is 0 Å². The number of rotatable bonds is 5. The van der Waals surface area contributed by atoms with Crippen molar-refractivity contribution in [2.24, 2.45) is 11.8 Å². The molecule has 4 unspecified atom stereocenters. The molecule has 1 aromatic carbocycles. The third kappa shape index (κ3) is 3.98. The van der Waals surface area contributed by atoms with Crippen LogP contribution in [-0.4, -0.2) is 76.7 Å². The minimum absolute atomic E-state index is 0.000832. The van der Waals surface area contributed by atoms with E-state index in [4.69, 9.17) is 0 Å². The minimum atomic E-state index is -0.791. The van der Waals surface area contributed by atoms with Crippen LogP contribution in [0.25, 0.3) is 0 Å². The lowest BCUT2D eigenvalue weighted by Gasteiger charge is -2.52. The third-order valence-corrected chi connectivity index (χ3v) is 7.49. The van der Waals surface area contributed by atoms with E-state index in [1.54, 1.807) is 0 Å². The Morgan fingerprint density at radius 1 is 1.06 bits per heavy atom. The molecule has 4 fully saturated rings. The number of fused-ring (bicyclic) bond motifs is 4. The van der Waals surface area contributed by atoms with Gasteiger partial charge in [0.15, 0.2) is 0 Å². The van der Waals surface area contributed by atoms with Crippen molar-refractivity contribution in [3.8, 4) is 0 Å². The number of likely N-dealkylation sites (tertiary alicyclic amines) is 1. The van der Waals surface area contributed by atoms with Crippen LogP contribution in [0.15, 0.2) is 30.3 Å². The predicted molar refractivity (Wildman–Crippen MR) is 116 cm³/mol. The normalized spacial score (nSPS) is 29.8. The second-order valence-corrected chi connectivity index (χ2v) is 9.60. The summed E-state index contributed by atoms with van der Waals surface area (Å²) in [4.78, 5) is 55.7. The molecule has 8 heteroatoms. The molecule has 5 amide bonds. The van der Waals surface area contributed by atoms with Gasteiger partial charge in [-0.15, -0.1) is 0 Å². The lowest BCUT2D eigenvalue weighted by Crippen LogP contribution is -2.61. The fraction of sp³-hybridized carbons (Fsp3) is 0.583. The molecule has 1 aromatic rings. The first-order chi connectivity index (χ1) is 15.5. The molecule has 170 valence electrons. The number of hydrogen-bond donors (Lipinski definition) is 1. The average Bonchev–Trinajstić information content (AvgIpc) is 3.06. The van der Waals surface area contributed by atoms with Gasteiger partial charge in [-0.3, -0.25) is 19.3 Å². The molecule has 4 heterocycles. The summed E-state index contributed by atoms with van der Waals surface area (Å²) in [5.41, 5.74) is 1.06. The zero-order valence-electron chi connectivity index (χ0n) is 18.2. The smallest absolute Gasteiger partial charge is 0.324 e. The first-order valence-electron chi connectivity index (χ1n) is 11.7. The number of urea groups is 1. The molecule has 0 spiro atoms. The van der Waals surface area contributed by atoms with Gasteiger partial charge in [0.25, 0.3) is 5.91 Å². The molecule has 4 atom stereocenters. The molecule has 2 bridgehead atoms. The Morgan fingerprint density at radius 3 is 2.69 bits per heavy atom. The van der Waals surface area contributed by atoms with Crippen molar-refractivity contribution < 1.29 is 19.2 Å². The number of benzene rings is 1. The van der Waals surface area contributed by atoms with Gasteiger partial charge >= 0.3 is 6.03 Å². The van der Waals surface area contributed by atoms with E-state index in [0.717, 1.165) is 31.4 Å². The van der Waals surface area contributed by atoms with E-state index in [0.29, 0.717) is 44.3 Å². The maximum atomic E-state index is 13.1. The van der Waals surface area contributed by atoms with Gasteiger partial charge < -0.3 is 15.1 Å². The van der Waals surface area contributed by atoms with Crippen molar-refractivity contribution in [1.29, 1.82) is 0 Å². The monoisotopic (exact) mass is 438 g/mol. The zero-order valence-corrected chi connectivity index (χ0v) is 18.2. The van der Waals surface area contributed by atoms with Crippen molar-refractivity contribution in [2.45, 2.75) is 50.6 Å². The Bertz CT molecular complexity index is 920. The second-order valence-electron chi connectivity index (χ2n) is 9.60. The van der Waals surface area contributed by atoms with Crippen molar-refractivity contribution in [3.05, 3.63) is 35.9 Å². The lowest BCUT2D eigenvalue weighted by atomic mass is 9.76. The molecule has 0 aromatic heterocycles. The van der Waals surface area contributed by atoms with E-state index < -0.39 is 12.1 Å². The molecule has 4 saturated heterocycles. The van der Waals surface area contributed by atoms with E-state index in [1.165, 1.54) is 4.90 Å². The molecular weight excluding hydrogens is 408 g/mol. The summed E-state index contributed by atoms with van der Waals surface area (Å²) in [6.45, 7) is 2.30. The first kappa shape index (κ1) is 21.0. The van der Waals surface area contributed by atoms with Crippen molar-refractivity contribution >= 4 is 23.8 Å². The van der Waals surface area contributed by atoms with E-state index in [9.17, 15) is 19.2 Å². The summed E-state index contributed by atoms with van der Waals surface area (Å²) in [6, 6.07) is 8.75. The quantitative estimate of drug-likeness (QED) is 0.704. The van der Waals surface area contributed by atoms with Gasteiger partial charge in [0.05, 0.1) is 6.42 Å². The van der Waals surface area contributed by atoms with Crippen LogP contribution in [0, 0.1) is 11.8 Å². The highest BCUT2D eigenvalue weighted by Crippen LogP contribution is 2.38.